The summed E-state index contributed by atoms with van der Waals surface area (Å²) >= 11 is 0. The first-order valence-electron chi connectivity index (χ1n) is 4.10. The molecule has 0 radical (unpaired) electrons. The lowest BCUT2D eigenvalue weighted by molar-refractivity contribution is -0.380. The third-order valence-corrected chi connectivity index (χ3v) is 1.39. The van der Waals surface area contributed by atoms with Crippen LogP contribution in [-0.4, -0.2) is 26.3 Å². The van der Waals surface area contributed by atoms with Crippen molar-refractivity contribution in [2.45, 2.75) is 33.2 Å². The topological polar surface area (TPSA) is 27.7 Å². The highest BCUT2D eigenvalue weighted by atomic mass is 16.9. The van der Waals surface area contributed by atoms with Crippen LogP contribution in [0.1, 0.15) is 27.2 Å². The molecule has 0 aromatic carbocycles. The fourth-order valence-electron chi connectivity index (χ4n) is 0.734. The molecular weight excluding hydrogens is 144 g/mol. The van der Waals surface area contributed by atoms with E-state index < -0.39 is 5.97 Å². The summed E-state index contributed by atoms with van der Waals surface area (Å²) in [4.78, 5) is 0. The van der Waals surface area contributed by atoms with Crippen LogP contribution < -0.4 is 0 Å². The molecule has 0 bridgehead atoms. The third kappa shape index (κ3) is 3.70. The maximum absolute atomic E-state index is 5.17. The fourth-order valence-corrected chi connectivity index (χ4v) is 0.734. The number of ether oxygens (including phenoxy) is 3. The van der Waals surface area contributed by atoms with Crippen LogP contribution in [0.25, 0.3) is 0 Å². The van der Waals surface area contributed by atoms with Crippen LogP contribution in [0.3, 0.4) is 0 Å². The van der Waals surface area contributed by atoms with Gasteiger partial charge in [-0.3, -0.25) is 0 Å². The molecule has 3 heteroatoms. The zero-order valence-electron chi connectivity index (χ0n) is 7.85. The fraction of sp³-hybridized carbons (Fsp3) is 1.00. The quantitative estimate of drug-likeness (QED) is 0.588. The number of hydrogen-bond acceptors (Lipinski definition) is 3. The Morgan fingerprint density at radius 3 is 1.91 bits per heavy atom. The van der Waals surface area contributed by atoms with Crippen LogP contribution in [0.15, 0.2) is 0 Å². The Hall–Kier alpha value is -0.120. The first kappa shape index (κ1) is 10.9. The van der Waals surface area contributed by atoms with Crippen molar-refractivity contribution in [2.75, 3.05) is 20.3 Å². The molecule has 11 heavy (non-hydrogen) atoms. The number of rotatable bonds is 1. The molecule has 0 saturated carbocycles. The Labute approximate surface area is 68.6 Å². The van der Waals surface area contributed by atoms with Gasteiger partial charge < -0.3 is 14.2 Å². The Bertz CT molecular complexity index is 87.3. The van der Waals surface area contributed by atoms with Crippen molar-refractivity contribution in [3.8, 4) is 0 Å². The van der Waals surface area contributed by atoms with Crippen LogP contribution in [0.4, 0.5) is 0 Å². The zero-order chi connectivity index (χ0) is 8.74. The van der Waals surface area contributed by atoms with Gasteiger partial charge in [0.2, 0.25) is 0 Å². The van der Waals surface area contributed by atoms with Crippen molar-refractivity contribution in [2.24, 2.45) is 0 Å². The maximum Gasteiger partial charge on any atom is 0.279 e. The van der Waals surface area contributed by atoms with Gasteiger partial charge in [-0.25, -0.2) is 0 Å². The summed E-state index contributed by atoms with van der Waals surface area (Å²) in [7, 11) is 1.57. The van der Waals surface area contributed by atoms with Crippen molar-refractivity contribution >= 4 is 0 Å². The van der Waals surface area contributed by atoms with E-state index in [1.807, 2.05) is 13.8 Å². The minimum atomic E-state index is -0.780. The van der Waals surface area contributed by atoms with Crippen molar-refractivity contribution in [3.05, 3.63) is 0 Å². The summed E-state index contributed by atoms with van der Waals surface area (Å²) in [6.45, 7) is 7.22. The molecule has 1 saturated heterocycles. The van der Waals surface area contributed by atoms with E-state index in [1.54, 1.807) is 14.0 Å². The number of hydrogen-bond donors (Lipinski definition) is 0. The molecule has 0 spiro atoms. The van der Waals surface area contributed by atoms with Gasteiger partial charge in [0.25, 0.3) is 5.97 Å². The van der Waals surface area contributed by atoms with Crippen LogP contribution in [0, 0.1) is 0 Å². The van der Waals surface area contributed by atoms with E-state index in [9.17, 15) is 0 Å². The Morgan fingerprint density at radius 2 is 1.64 bits per heavy atom. The molecule has 68 valence electrons. The molecule has 0 atom stereocenters. The van der Waals surface area contributed by atoms with Crippen molar-refractivity contribution in [1.29, 1.82) is 0 Å². The van der Waals surface area contributed by atoms with Crippen molar-refractivity contribution in [1.82, 2.24) is 0 Å². The lowest BCUT2D eigenvalue weighted by Gasteiger charge is -2.31. The van der Waals surface area contributed by atoms with Crippen LogP contribution in [0.2, 0.25) is 0 Å². The first-order chi connectivity index (χ1) is 5.27. The minimum Gasteiger partial charge on any atom is -0.331 e. The molecular formula is C8H18O3. The van der Waals surface area contributed by atoms with Gasteiger partial charge in [0.1, 0.15) is 0 Å². The lowest BCUT2D eigenvalue weighted by atomic mass is 10.4. The SMILES string of the molecule is CC.COC1(C)OCCCO1. The highest BCUT2D eigenvalue weighted by Crippen LogP contribution is 2.17. The summed E-state index contributed by atoms with van der Waals surface area (Å²) in [6.07, 6.45) is 0.957. The minimum absolute atomic E-state index is 0.727. The van der Waals surface area contributed by atoms with Crippen molar-refractivity contribution < 1.29 is 14.2 Å². The molecule has 0 aliphatic carbocycles. The second-order valence-electron chi connectivity index (χ2n) is 2.12. The molecule has 0 N–H and O–H groups in total. The summed E-state index contributed by atoms with van der Waals surface area (Å²) in [5, 5.41) is 0. The van der Waals surface area contributed by atoms with Gasteiger partial charge in [0.05, 0.1) is 13.2 Å². The lowest BCUT2D eigenvalue weighted by Crippen LogP contribution is -2.39. The van der Waals surface area contributed by atoms with Gasteiger partial charge in [0.15, 0.2) is 0 Å². The molecule has 0 aromatic heterocycles. The monoisotopic (exact) mass is 162 g/mol. The van der Waals surface area contributed by atoms with E-state index >= 15 is 0 Å². The Kier molecular flexibility index (Phi) is 5.46. The third-order valence-electron chi connectivity index (χ3n) is 1.39. The zero-order valence-corrected chi connectivity index (χ0v) is 7.85. The maximum atomic E-state index is 5.17. The predicted octanol–water partition coefficient (Wildman–Crippen LogP) is 1.77. The Balaban J connectivity index is 0.000000461. The standard InChI is InChI=1S/C6H12O3.C2H6/c1-6(7-2)8-4-3-5-9-6;1-2/h3-5H2,1-2H3;1-2H3. The van der Waals surface area contributed by atoms with Crippen LogP contribution in [0.5, 0.6) is 0 Å². The highest BCUT2D eigenvalue weighted by molar-refractivity contribution is 4.52. The first-order valence-corrected chi connectivity index (χ1v) is 4.10. The molecule has 0 amide bonds. The van der Waals surface area contributed by atoms with Crippen molar-refractivity contribution in [3.63, 3.8) is 0 Å². The van der Waals surface area contributed by atoms with Gasteiger partial charge in [-0.15, -0.1) is 0 Å². The normalized spacial score (nSPS) is 21.8. The Morgan fingerprint density at radius 1 is 1.18 bits per heavy atom. The number of methoxy groups -OCH3 is 1. The highest BCUT2D eigenvalue weighted by Gasteiger charge is 2.27. The average Bonchev–Trinajstić information content (AvgIpc) is 2.10. The molecule has 1 fully saturated rings. The second-order valence-corrected chi connectivity index (χ2v) is 2.12. The van der Waals surface area contributed by atoms with E-state index in [0.717, 1.165) is 19.6 Å². The molecule has 1 rings (SSSR count). The van der Waals surface area contributed by atoms with Gasteiger partial charge in [0, 0.05) is 14.0 Å². The van der Waals surface area contributed by atoms with Gasteiger partial charge in [-0.1, -0.05) is 13.8 Å². The molecule has 0 unspecified atom stereocenters. The van der Waals surface area contributed by atoms with Gasteiger partial charge in [-0.05, 0) is 6.42 Å². The van der Waals surface area contributed by atoms with E-state index in [4.69, 9.17) is 14.2 Å². The largest absolute Gasteiger partial charge is 0.331 e. The predicted molar refractivity (Wildman–Crippen MR) is 43.3 cm³/mol. The van der Waals surface area contributed by atoms with E-state index in [2.05, 4.69) is 0 Å². The summed E-state index contributed by atoms with van der Waals surface area (Å²) < 4.78 is 15.3. The summed E-state index contributed by atoms with van der Waals surface area (Å²) in [5.74, 6) is -0.780. The van der Waals surface area contributed by atoms with E-state index in [0.29, 0.717) is 0 Å². The summed E-state index contributed by atoms with van der Waals surface area (Å²) in [6, 6.07) is 0. The molecule has 1 aliphatic rings. The summed E-state index contributed by atoms with van der Waals surface area (Å²) in [5.41, 5.74) is 0. The van der Waals surface area contributed by atoms with Gasteiger partial charge in [-0.2, -0.15) is 0 Å². The molecule has 1 aliphatic heterocycles. The second kappa shape index (κ2) is 5.52. The molecule has 0 aromatic rings. The average molecular weight is 162 g/mol. The molecule has 1 heterocycles. The molecule has 3 nitrogen and oxygen atoms in total. The van der Waals surface area contributed by atoms with E-state index in [-0.39, 0.29) is 0 Å². The smallest absolute Gasteiger partial charge is 0.279 e. The van der Waals surface area contributed by atoms with Crippen LogP contribution >= 0.6 is 0 Å². The van der Waals surface area contributed by atoms with E-state index in [1.165, 1.54) is 0 Å². The van der Waals surface area contributed by atoms with Crippen LogP contribution in [-0.2, 0) is 14.2 Å². The van der Waals surface area contributed by atoms with Gasteiger partial charge >= 0.3 is 0 Å².